The summed E-state index contributed by atoms with van der Waals surface area (Å²) in [6, 6.07) is 7.98. The van der Waals surface area contributed by atoms with Gasteiger partial charge in [0.25, 0.3) is 11.8 Å². The number of halogens is 1. The molecule has 0 spiro atoms. The Morgan fingerprint density at radius 3 is 2.55 bits per heavy atom. The largest absolute Gasteiger partial charge is 0.496 e. The molecule has 2 aromatic carbocycles. The van der Waals surface area contributed by atoms with Gasteiger partial charge >= 0.3 is 5.69 Å². The molecule has 1 saturated carbocycles. The minimum atomic E-state index is -1.60. The van der Waals surface area contributed by atoms with Gasteiger partial charge < -0.3 is 30.2 Å². The molecule has 3 aliphatic rings. The molecular weight excluding hydrogens is 852 g/mol. The molecule has 5 heterocycles. The molecule has 8 rings (SSSR count). The van der Waals surface area contributed by atoms with Crippen LogP contribution in [0.1, 0.15) is 92.7 Å². The van der Waals surface area contributed by atoms with Crippen LogP contribution >= 0.6 is 0 Å². The zero-order valence-electron chi connectivity index (χ0n) is 38.0. The fourth-order valence-corrected chi connectivity index (χ4v) is 10.0. The molecule has 352 valence electrons. The van der Waals surface area contributed by atoms with Gasteiger partial charge in [-0.2, -0.15) is 5.10 Å². The van der Waals surface area contributed by atoms with Gasteiger partial charge in [-0.25, -0.2) is 23.8 Å². The normalized spacial score (nSPS) is 22.3. The number of rotatable bonds is 19. The fourth-order valence-electron chi connectivity index (χ4n) is 10.0. The number of piperidine rings is 1. The Bertz CT molecular complexity index is 2670. The summed E-state index contributed by atoms with van der Waals surface area (Å²) < 4.78 is 37.2. The van der Waals surface area contributed by atoms with Crippen LogP contribution in [0.5, 0.6) is 11.6 Å². The zero-order chi connectivity index (χ0) is 46.6. The lowest BCUT2D eigenvalue weighted by atomic mass is 9.86. The molecule has 3 aromatic heterocycles. The van der Waals surface area contributed by atoms with Crippen LogP contribution in [0.15, 0.2) is 47.7 Å². The second-order valence-corrected chi connectivity index (χ2v) is 17.9. The number of aryl methyl sites for hydroxylation is 2. The van der Waals surface area contributed by atoms with Crippen LogP contribution in [0, 0.1) is 11.8 Å². The number of pyridine rings is 1. The SMILES string of the molecule is CC[C@@H]1[C@H](F)C(=O)N[C@@H]1COc1ncc(-c2ncn(C3CCC(CN(C)CCCOCCCc4cccc5c4n(C)c(=O)n5C4CCC(=O)NC4=O)CC3)n2)c2cc(C(N)=O)c(OC)cc12. The number of benzene rings is 2. The Balaban J connectivity index is 0.805. The van der Waals surface area contributed by atoms with Crippen molar-refractivity contribution in [1.29, 1.82) is 0 Å². The molecule has 0 radical (unpaired) electrons. The van der Waals surface area contributed by atoms with E-state index in [1.807, 2.05) is 29.8 Å². The smallest absolute Gasteiger partial charge is 0.329 e. The topological polar surface area (TPSA) is 220 Å². The molecule has 4 atom stereocenters. The number of nitrogens with one attached hydrogen (secondary N) is 2. The first-order chi connectivity index (χ1) is 31.9. The lowest BCUT2D eigenvalue weighted by Gasteiger charge is -2.31. The maximum atomic E-state index is 14.5. The van der Waals surface area contributed by atoms with E-state index in [1.54, 1.807) is 36.3 Å². The number of ether oxygens (including phenoxy) is 3. The molecule has 2 aliphatic heterocycles. The number of para-hydroxylation sites is 1. The van der Waals surface area contributed by atoms with Crippen molar-refractivity contribution < 1.29 is 37.8 Å². The van der Waals surface area contributed by atoms with E-state index in [1.165, 1.54) is 11.7 Å². The molecule has 0 bridgehead atoms. The molecule has 4 amide bonds. The summed E-state index contributed by atoms with van der Waals surface area (Å²) in [4.78, 5) is 73.7. The van der Waals surface area contributed by atoms with Gasteiger partial charge in [-0.05, 0) is 94.5 Å². The maximum absolute atomic E-state index is 14.5. The Labute approximate surface area is 381 Å². The Morgan fingerprint density at radius 2 is 1.80 bits per heavy atom. The van der Waals surface area contributed by atoms with Gasteiger partial charge in [0.05, 0.1) is 35.8 Å². The third kappa shape index (κ3) is 9.54. The molecule has 5 aromatic rings. The van der Waals surface area contributed by atoms with Crippen LogP contribution in [0.25, 0.3) is 33.2 Å². The van der Waals surface area contributed by atoms with E-state index in [4.69, 9.17) is 25.0 Å². The van der Waals surface area contributed by atoms with E-state index in [0.29, 0.717) is 59.7 Å². The van der Waals surface area contributed by atoms with Crippen molar-refractivity contribution in [3.63, 3.8) is 0 Å². The van der Waals surface area contributed by atoms with Crippen LogP contribution in [0.2, 0.25) is 0 Å². The van der Waals surface area contributed by atoms with Crippen molar-refractivity contribution in [2.45, 2.75) is 95.4 Å². The number of nitrogens with two attached hydrogens (primary N) is 1. The highest BCUT2D eigenvalue weighted by Gasteiger charge is 2.42. The van der Waals surface area contributed by atoms with Gasteiger partial charge in [0.15, 0.2) is 12.0 Å². The number of hydrogen-bond donors (Lipinski definition) is 3. The second kappa shape index (κ2) is 20.1. The minimum Gasteiger partial charge on any atom is -0.496 e. The number of carbonyl (C=O) groups is 4. The number of amides is 4. The van der Waals surface area contributed by atoms with Gasteiger partial charge in [0, 0.05) is 68.2 Å². The van der Waals surface area contributed by atoms with Crippen molar-refractivity contribution in [2.75, 3.05) is 47.1 Å². The Hall–Kier alpha value is -6.21. The highest BCUT2D eigenvalue weighted by Crippen LogP contribution is 2.38. The Kier molecular flexibility index (Phi) is 14.1. The molecular formula is C47H59FN10O8. The number of hydrogen-bond acceptors (Lipinski definition) is 12. The van der Waals surface area contributed by atoms with Gasteiger partial charge in [0.1, 0.15) is 24.7 Å². The molecule has 4 N–H and O–H groups in total. The number of aromatic nitrogens is 6. The summed E-state index contributed by atoms with van der Waals surface area (Å²) in [5.74, 6) is -1.13. The van der Waals surface area contributed by atoms with E-state index in [0.717, 1.165) is 69.1 Å². The first kappa shape index (κ1) is 46.3. The van der Waals surface area contributed by atoms with Crippen molar-refractivity contribution in [1.82, 2.24) is 44.4 Å². The van der Waals surface area contributed by atoms with E-state index >= 15 is 0 Å². The first-order valence-electron chi connectivity index (χ1n) is 22.9. The molecule has 18 nitrogen and oxygen atoms in total. The summed E-state index contributed by atoms with van der Waals surface area (Å²) in [7, 11) is 5.32. The predicted molar refractivity (Wildman–Crippen MR) is 243 cm³/mol. The third-order valence-corrected chi connectivity index (χ3v) is 13.6. The summed E-state index contributed by atoms with van der Waals surface area (Å²) in [6.45, 7) is 5.00. The van der Waals surface area contributed by atoms with Crippen molar-refractivity contribution >= 4 is 45.4 Å². The second-order valence-electron chi connectivity index (χ2n) is 17.9. The number of alkyl halides is 1. The van der Waals surface area contributed by atoms with Crippen LogP contribution in [0.3, 0.4) is 0 Å². The van der Waals surface area contributed by atoms with Gasteiger partial charge in [0.2, 0.25) is 17.7 Å². The first-order valence-corrected chi connectivity index (χ1v) is 22.9. The highest BCUT2D eigenvalue weighted by molar-refractivity contribution is 6.05. The average Bonchev–Trinajstić information content (AvgIpc) is 3.98. The zero-order valence-corrected chi connectivity index (χ0v) is 38.0. The van der Waals surface area contributed by atoms with E-state index in [9.17, 15) is 28.4 Å². The molecule has 3 fully saturated rings. The number of imidazole rings is 1. The predicted octanol–water partition coefficient (Wildman–Crippen LogP) is 4.18. The van der Waals surface area contributed by atoms with Gasteiger partial charge in [-0.1, -0.05) is 19.1 Å². The standard InChI is InChI=1S/C47H59FN10O8/c1-5-30-35(52-45(62)40(30)48)25-66-46-32-22-38(64-4)33(42(49)60)21-31(32)34(23-50-46)43-51-26-57(54-43)29-14-12-27(13-15-29)24-55(2)18-8-20-65-19-7-10-28-9-6-11-36-41(28)56(3)47(63)58(36)37-16-17-39(59)53-44(37)61/h6,9,11,21-23,26-27,29-30,35,37,40H,5,7-8,10,12-20,24-25H2,1-4H3,(H2,49,60)(H,52,62)(H,53,59,61)/t27?,29?,30-,35+,37?,40-/m0/s1. The number of carbonyl (C=O) groups excluding carboxylic acids is 4. The van der Waals surface area contributed by atoms with Gasteiger partial charge in [-0.15, -0.1) is 0 Å². The lowest BCUT2D eigenvalue weighted by Crippen LogP contribution is -2.44. The molecule has 2 saturated heterocycles. The number of imide groups is 1. The lowest BCUT2D eigenvalue weighted by molar-refractivity contribution is -0.135. The number of fused-ring (bicyclic) bond motifs is 2. The maximum Gasteiger partial charge on any atom is 0.329 e. The highest BCUT2D eigenvalue weighted by atomic mass is 19.1. The van der Waals surface area contributed by atoms with Gasteiger partial charge in [-0.3, -0.25) is 33.6 Å². The summed E-state index contributed by atoms with van der Waals surface area (Å²) in [6.07, 6.45) is 9.15. The third-order valence-electron chi connectivity index (χ3n) is 13.6. The molecule has 1 unspecified atom stereocenters. The average molecular weight is 911 g/mol. The number of methoxy groups -OCH3 is 1. The molecule has 1 aliphatic carbocycles. The van der Waals surface area contributed by atoms with Crippen LogP contribution in [-0.2, 0) is 32.6 Å². The van der Waals surface area contributed by atoms with E-state index in [2.05, 4.69) is 32.5 Å². The minimum absolute atomic E-state index is 0.00652. The monoisotopic (exact) mass is 910 g/mol. The van der Waals surface area contributed by atoms with E-state index < -0.39 is 41.9 Å². The number of primary amides is 1. The number of nitrogens with zero attached hydrogens (tertiary/aromatic N) is 7. The fraction of sp³-hybridized carbons (Fsp3) is 0.532. The summed E-state index contributed by atoms with van der Waals surface area (Å²) >= 11 is 0. The van der Waals surface area contributed by atoms with Crippen molar-refractivity contribution in [2.24, 2.45) is 24.6 Å². The van der Waals surface area contributed by atoms with Crippen LogP contribution in [-0.4, -0.2) is 117 Å². The van der Waals surface area contributed by atoms with Crippen LogP contribution < -0.4 is 31.5 Å². The van der Waals surface area contributed by atoms with Crippen molar-refractivity contribution in [3.8, 4) is 23.0 Å². The van der Waals surface area contributed by atoms with Crippen molar-refractivity contribution in [3.05, 3.63) is 64.5 Å². The quantitative estimate of drug-likeness (QED) is 0.0786. The molecule has 66 heavy (non-hydrogen) atoms. The Morgan fingerprint density at radius 1 is 1.02 bits per heavy atom. The summed E-state index contributed by atoms with van der Waals surface area (Å²) in [5.41, 5.74) is 8.74. The molecule has 19 heteroatoms. The van der Waals surface area contributed by atoms with Crippen LogP contribution in [0.4, 0.5) is 4.39 Å². The summed E-state index contributed by atoms with van der Waals surface area (Å²) in [5, 5.41) is 11.0. The van der Waals surface area contributed by atoms with E-state index in [-0.39, 0.29) is 47.9 Å².